The van der Waals surface area contributed by atoms with Crippen molar-refractivity contribution in [3.05, 3.63) is 60.2 Å². The summed E-state index contributed by atoms with van der Waals surface area (Å²) in [5, 5.41) is 12.2. The average Bonchev–Trinajstić information content (AvgIpc) is 3.07. The zero-order valence-electron chi connectivity index (χ0n) is 22.7. The molecule has 206 valence electrons. The molecule has 0 saturated carbocycles. The van der Waals surface area contributed by atoms with E-state index < -0.39 is 23.8 Å². The van der Waals surface area contributed by atoms with Crippen LogP contribution in [0.3, 0.4) is 0 Å². The number of para-hydroxylation sites is 1. The summed E-state index contributed by atoms with van der Waals surface area (Å²) in [5.74, 6) is -0.657. The number of ether oxygens (including phenoxy) is 1. The third-order valence-corrected chi connectivity index (χ3v) is 6.94. The van der Waals surface area contributed by atoms with Gasteiger partial charge in [0.2, 0.25) is 17.7 Å². The molecule has 1 aliphatic heterocycles. The van der Waals surface area contributed by atoms with Gasteiger partial charge in [-0.15, -0.1) is 0 Å². The standard InChI is InChI=1S/C30H41N3O5/c1-4-11-25(29(35)32-37)26(18-21(2)3)28(34)31-27-16-8-9-17-33(30(27)36)20-22-12-10-15-24(19-22)38-23-13-6-5-7-14-23/h5-7,10,12-15,19,21,25-27,37H,4,8-9,11,16-18,20H2,1-3H3,(H,31,34)(H,32,35)/t25-,26+,27+/m0/s1. The zero-order valence-corrected chi connectivity index (χ0v) is 22.7. The molecular formula is C30H41N3O5. The molecule has 3 N–H and O–H groups in total. The van der Waals surface area contributed by atoms with Gasteiger partial charge in [0, 0.05) is 19.0 Å². The molecule has 0 spiro atoms. The van der Waals surface area contributed by atoms with Crippen LogP contribution in [0.5, 0.6) is 11.5 Å². The van der Waals surface area contributed by atoms with E-state index in [1.165, 1.54) is 0 Å². The van der Waals surface area contributed by atoms with Crippen LogP contribution in [0, 0.1) is 17.8 Å². The average molecular weight is 524 g/mol. The van der Waals surface area contributed by atoms with Gasteiger partial charge in [0.05, 0.1) is 5.92 Å². The summed E-state index contributed by atoms with van der Waals surface area (Å²) in [7, 11) is 0. The van der Waals surface area contributed by atoms with Crippen molar-refractivity contribution < 1.29 is 24.3 Å². The number of hydrogen-bond acceptors (Lipinski definition) is 5. The molecule has 0 bridgehead atoms. The Morgan fingerprint density at radius 2 is 1.76 bits per heavy atom. The van der Waals surface area contributed by atoms with Crippen molar-refractivity contribution in [3.8, 4) is 11.5 Å². The summed E-state index contributed by atoms with van der Waals surface area (Å²) in [6.07, 6.45) is 3.88. The number of hydrogen-bond donors (Lipinski definition) is 3. The van der Waals surface area contributed by atoms with Crippen molar-refractivity contribution in [2.75, 3.05) is 6.54 Å². The lowest BCUT2D eigenvalue weighted by Crippen LogP contribution is -2.51. The molecule has 1 heterocycles. The molecule has 1 saturated heterocycles. The van der Waals surface area contributed by atoms with E-state index in [9.17, 15) is 19.6 Å². The fraction of sp³-hybridized carbons (Fsp3) is 0.500. The number of rotatable bonds is 12. The number of nitrogens with one attached hydrogen (secondary N) is 2. The van der Waals surface area contributed by atoms with Gasteiger partial charge < -0.3 is 15.0 Å². The predicted octanol–water partition coefficient (Wildman–Crippen LogP) is 5.06. The lowest BCUT2D eigenvalue weighted by Gasteiger charge is -2.29. The minimum atomic E-state index is -0.656. The lowest BCUT2D eigenvalue weighted by molar-refractivity contribution is -0.143. The number of carbonyl (C=O) groups excluding carboxylic acids is 3. The van der Waals surface area contributed by atoms with E-state index in [4.69, 9.17) is 4.74 Å². The summed E-state index contributed by atoms with van der Waals surface area (Å²) < 4.78 is 5.95. The molecule has 1 aliphatic rings. The summed E-state index contributed by atoms with van der Waals surface area (Å²) in [4.78, 5) is 41.2. The summed E-state index contributed by atoms with van der Waals surface area (Å²) >= 11 is 0. The smallest absolute Gasteiger partial charge is 0.247 e. The number of hydroxylamine groups is 1. The molecule has 1 fully saturated rings. The lowest BCUT2D eigenvalue weighted by atomic mass is 9.81. The normalized spacial score (nSPS) is 17.4. The Hall–Kier alpha value is -3.39. The largest absolute Gasteiger partial charge is 0.457 e. The van der Waals surface area contributed by atoms with Gasteiger partial charge >= 0.3 is 0 Å². The van der Waals surface area contributed by atoms with Gasteiger partial charge in [0.25, 0.3) is 0 Å². The van der Waals surface area contributed by atoms with Crippen LogP contribution in [0.4, 0.5) is 0 Å². The third-order valence-electron chi connectivity index (χ3n) is 6.94. The third kappa shape index (κ3) is 8.31. The molecule has 3 rings (SSSR count). The minimum Gasteiger partial charge on any atom is -0.457 e. The van der Waals surface area contributed by atoms with Crippen molar-refractivity contribution in [1.29, 1.82) is 0 Å². The highest BCUT2D eigenvalue weighted by atomic mass is 16.5. The highest BCUT2D eigenvalue weighted by Gasteiger charge is 2.36. The van der Waals surface area contributed by atoms with Crippen LogP contribution in [0.15, 0.2) is 54.6 Å². The second-order valence-corrected chi connectivity index (χ2v) is 10.5. The molecule has 0 unspecified atom stereocenters. The second-order valence-electron chi connectivity index (χ2n) is 10.5. The van der Waals surface area contributed by atoms with Crippen LogP contribution in [0.2, 0.25) is 0 Å². The first-order valence-corrected chi connectivity index (χ1v) is 13.7. The number of amides is 3. The van der Waals surface area contributed by atoms with E-state index in [2.05, 4.69) is 5.32 Å². The Bertz CT molecular complexity index is 1060. The van der Waals surface area contributed by atoms with Crippen molar-refractivity contribution in [2.45, 2.75) is 71.9 Å². The number of carbonyl (C=O) groups is 3. The molecule has 3 atom stereocenters. The monoisotopic (exact) mass is 523 g/mol. The highest BCUT2D eigenvalue weighted by Crippen LogP contribution is 2.27. The van der Waals surface area contributed by atoms with Crippen molar-refractivity contribution in [2.24, 2.45) is 17.8 Å². The molecule has 3 amide bonds. The molecule has 2 aromatic carbocycles. The molecule has 8 nitrogen and oxygen atoms in total. The Morgan fingerprint density at radius 3 is 2.45 bits per heavy atom. The van der Waals surface area contributed by atoms with E-state index in [1.54, 1.807) is 10.4 Å². The van der Waals surface area contributed by atoms with Crippen LogP contribution in [0.1, 0.15) is 64.9 Å². The Labute approximate surface area is 225 Å². The first kappa shape index (κ1) is 29.2. The fourth-order valence-corrected chi connectivity index (χ4v) is 5.10. The van der Waals surface area contributed by atoms with Crippen molar-refractivity contribution >= 4 is 17.7 Å². The minimum absolute atomic E-state index is 0.118. The highest BCUT2D eigenvalue weighted by molar-refractivity contribution is 5.91. The van der Waals surface area contributed by atoms with E-state index in [1.807, 2.05) is 75.4 Å². The number of benzene rings is 2. The molecule has 0 radical (unpaired) electrons. The zero-order chi connectivity index (χ0) is 27.5. The van der Waals surface area contributed by atoms with Gasteiger partial charge in [0.15, 0.2) is 0 Å². The maximum absolute atomic E-state index is 13.6. The van der Waals surface area contributed by atoms with Gasteiger partial charge in [-0.2, -0.15) is 0 Å². The molecule has 8 heteroatoms. The summed E-state index contributed by atoms with van der Waals surface area (Å²) in [6.45, 7) is 6.95. The Kier molecular flexibility index (Phi) is 11.1. The number of nitrogens with zero attached hydrogens (tertiary/aromatic N) is 1. The van der Waals surface area contributed by atoms with Crippen LogP contribution >= 0.6 is 0 Å². The molecular weight excluding hydrogens is 482 g/mol. The quantitative estimate of drug-likeness (QED) is 0.266. The predicted molar refractivity (Wildman–Crippen MR) is 145 cm³/mol. The summed E-state index contributed by atoms with van der Waals surface area (Å²) in [6, 6.07) is 16.6. The molecule has 0 aliphatic carbocycles. The van der Waals surface area contributed by atoms with Crippen molar-refractivity contribution in [1.82, 2.24) is 15.7 Å². The van der Waals surface area contributed by atoms with Gasteiger partial charge in [-0.3, -0.25) is 19.6 Å². The first-order chi connectivity index (χ1) is 18.3. The summed E-state index contributed by atoms with van der Waals surface area (Å²) in [5.41, 5.74) is 2.67. The van der Waals surface area contributed by atoms with E-state index in [0.717, 1.165) is 24.2 Å². The molecule has 38 heavy (non-hydrogen) atoms. The second kappa shape index (κ2) is 14.5. The van der Waals surface area contributed by atoms with Gasteiger partial charge in [-0.25, -0.2) is 5.48 Å². The van der Waals surface area contributed by atoms with Crippen LogP contribution in [0.25, 0.3) is 0 Å². The topological polar surface area (TPSA) is 108 Å². The SMILES string of the molecule is CCC[C@H](C(=O)NO)[C@@H](CC(C)C)C(=O)N[C@@H]1CCCCN(Cc2cccc(Oc3ccccc3)c2)C1=O. The van der Waals surface area contributed by atoms with Gasteiger partial charge in [-0.1, -0.05) is 57.5 Å². The maximum Gasteiger partial charge on any atom is 0.247 e. The Morgan fingerprint density at radius 1 is 1.03 bits per heavy atom. The van der Waals surface area contributed by atoms with Crippen LogP contribution in [-0.2, 0) is 20.9 Å². The van der Waals surface area contributed by atoms with E-state index >= 15 is 0 Å². The Balaban J connectivity index is 1.72. The van der Waals surface area contributed by atoms with Gasteiger partial charge in [0.1, 0.15) is 17.5 Å². The van der Waals surface area contributed by atoms with Gasteiger partial charge in [-0.05, 0) is 67.9 Å². The van der Waals surface area contributed by atoms with E-state index in [-0.39, 0.29) is 17.7 Å². The van der Waals surface area contributed by atoms with Crippen molar-refractivity contribution in [3.63, 3.8) is 0 Å². The number of likely N-dealkylation sites (tertiary alicyclic amines) is 1. The molecule has 2 aromatic rings. The maximum atomic E-state index is 13.6. The van der Waals surface area contributed by atoms with Crippen LogP contribution < -0.4 is 15.5 Å². The van der Waals surface area contributed by atoms with Crippen LogP contribution in [-0.4, -0.2) is 40.4 Å². The first-order valence-electron chi connectivity index (χ1n) is 13.7. The fourth-order valence-electron chi connectivity index (χ4n) is 5.10. The van der Waals surface area contributed by atoms with E-state index in [0.29, 0.717) is 44.5 Å². The molecule has 0 aromatic heterocycles.